The van der Waals surface area contributed by atoms with Crippen LogP contribution in [0.4, 0.5) is 11.4 Å². The Kier molecular flexibility index (Phi) is 8.52. The van der Waals surface area contributed by atoms with Crippen molar-refractivity contribution in [2.45, 2.75) is 32.0 Å². The van der Waals surface area contributed by atoms with Crippen LogP contribution in [-0.4, -0.2) is 38.9 Å². The first-order valence-electron chi connectivity index (χ1n) is 10.1. The molecule has 1 aromatic heterocycles. The van der Waals surface area contributed by atoms with E-state index >= 15 is 0 Å². The molecular formula is C22H24ClN5O3S. The lowest BCUT2D eigenvalue weighted by Gasteiger charge is -2.11. The highest BCUT2D eigenvalue weighted by Crippen LogP contribution is 2.25. The second-order valence-corrected chi connectivity index (χ2v) is 7.96. The van der Waals surface area contributed by atoms with E-state index in [2.05, 4.69) is 20.8 Å². The summed E-state index contributed by atoms with van der Waals surface area (Å²) in [6, 6.07) is 14.3. The number of halogens is 1. The second-order valence-electron chi connectivity index (χ2n) is 6.61. The molecule has 2 N–H and O–H groups in total. The number of rotatable bonds is 10. The normalized spacial score (nSPS) is 10.6. The van der Waals surface area contributed by atoms with Gasteiger partial charge in [-0.15, -0.1) is 10.2 Å². The van der Waals surface area contributed by atoms with Gasteiger partial charge in [-0.1, -0.05) is 47.6 Å². The third-order valence-electron chi connectivity index (χ3n) is 4.37. The zero-order chi connectivity index (χ0) is 22.9. The molecule has 0 bridgehead atoms. The maximum atomic E-state index is 12.4. The maximum absolute atomic E-state index is 12.4. The number of hydrogen-bond donors (Lipinski definition) is 2. The van der Waals surface area contributed by atoms with Gasteiger partial charge in [0.05, 0.1) is 35.2 Å². The molecule has 168 valence electrons. The molecule has 32 heavy (non-hydrogen) atoms. The molecule has 0 unspecified atom stereocenters. The summed E-state index contributed by atoms with van der Waals surface area (Å²) in [4.78, 5) is 24.9. The van der Waals surface area contributed by atoms with Gasteiger partial charge in [-0.3, -0.25) is 9.59 Å². The topological polar surface area (TPSA) is 98.1 Å². The first-order chi connectivity index (χ1) is 15.5. The van der Waals surface area contributed by atoms with Crippen molar-refractivity contribution in [1.82, 2.24) is 14.8 Å². The molecule has 0 saturated heterocycles. The van der Waals surface area contributed by atoms with E-state index in [9.17, 15) is 9.59 Å². The van der Waals surface area contributed by atoms with Crippen LogP contribution in [0.2, 0.25) is 5.02 Å². The Balaban J connectivity index is 1.59. The molecule has 8 nitrogen and oxygen atoms in total. The summed E-state index contributed by atoms with van der Waals surface area (Å²) in [5.74, 6) is 0.844. The molecule has 3 aromatic rings. The van der Waals surface area contributed by atoms with Crippen LogP contribution in [0.3, 0.4) is 0 Å². The summed E-state index contributed by atoms with van der Waals surface area (Å²) in [5, 5.41) is 15.0. The third-order valence-corrected chi connectivity index (χ3v) is 5.67. The van der Waals surface area contributed by atoms with Gasteiger partial charge < -0.3 is 19.9 Å². The van der Waals surface area contributed by atoms with Crippen LogP contribution in [0.15, 0.2) is 53.7 Å². The summed E-state index contributed by atoms with van der Waals surface area (Å²) in [7, 11) is 0. The number of nitrogens with zero attached hydrogens (tertiary/aromatic N) is 3. The molecule has 3 rings (SSSR count). The van der Waals surface area contributed by atoms with Gasteiger partial charge in [0, 0.05) is 6.54 Å². The molecule has 10 heteroatoms. The lowest BCUT2D eigenvalue weighted by atomic mass is 10.3. The molecule has 0 fully saturated rings. The minimum atomic E-state index is -0.248. The summed E-state index contributed by atoms with van der Waals surface area (Å²) in [6.07, 6.45) is 0.0422. The molecule has 0 aliphatic rings. The lowest BCUT2D eigenvalue weighted by Crippen LogP contribution is -2.18. The molecule has 2 aromatic carbocycles. The molecule has 2 amide bonds. The number of hydrogen-bond acceptors (Lipinski definition) is 6. The predicted molar refractivity (Wildman–Crippen MR) is 126 cm³/mol. The number of para-hydroxylation sites is 3. The van der Waals surface area contributed by atoms with Crippen molar-refractivity contribution in [2.75, 3.05) is 23.0 Å². The molecule has 0 spiro atoms. The minimum Gasteiger partial charge on any atom is -0.492 e. The number of benzene rings is 2. The van der Waals surface area contributed by atoms with Crippen molar-refractivity contribution in [1.29, 1.82) is 0 Å². The van der Waals surface area contributed by atoms with E-state index in [0.717, 1.165) is 0 Å². The molecule has 0 atom stereocenters. The molecule has 1 heterocycles. The number of thioether (sulfide) groups is 1. The highest BCUT2D eigenvalue weighted by atomic mass is 35.5. The Bertz CT molecular complexity index is 1090. The van der Waals surface area contributed by atoms with E-state index < -0.39 is 0 Å². The van der Waals surface area contributed by atoms with Gasteiger partial charge in [-0.25, -0.2) is 0 Å². The molecule has 0 radical (unpaired) electrons. The van der Waals surface area contributed by atoms with Crippen LogP contribution in [0.5, 0.6) is 5.75 Å². The van der Waals surface area contributed by atoms with E-state index in [1.165, 1.54) is 11.8 Å². The van der Waals surface area contributed by atoms with Gasteiger partial charge in [-0.2, -0.15) is 0 Å². The van der Waals surface area contributed by atoms with Crippen molar-refractivity contribution in [3.05, 3.63) is 59.4 Å². The smallest absolute Gasteiger partial charge is 0.234 e. The molecule has 0 aliphatic carbocycles. The number of nitrogens with one attached hydrogen (secondary N) is 2. The standard InChI is InChI=1S/C22H24ClN5O3S/c1-3-28-19(13-20(29)24-16-10-6-5-9-15(16)23)26-27-22(28)32-14-21(30)25-17-11-7-8-12-18(17)31-4-2/h5-12H,3-4,13-14H2,1-2H3,(H,24,29)(H,25,30). The van der Waals surface area contributed by atoms with E-state index in [1.807, 2.05) is 30.5 Å². The first kappa shape index (κ1) is 23.6. The third kappa shape index (κ3) is 6.24. The maximum Gasteiger partial charge on any atom is 0.234 e. The number of carbonyl (C=O) groups is 2. The Morgan fingerprint density at radius 1 is 1.00 bits per heavy atom. The van der Waals surface area contributed by atoms with E-state index in [4.69, 9.17) is 16.3 Å². The zero-order valence-electron chi connectivity index (χ0n) is 17.8. The largest absolute Gasteiger partial charge is 0.492 e. The minimum absolute atomic E-state index is 0.0422. The summed E-state index contributed by atoms with van der Waals surface area (Å²) in [5.41, 5.74) is 1.16. The molecule has 0 aliphatic heterocycles. The van der Waals surface area contributed by atoms with Crippen molar-refractivity contribution in [2.24, 2.45) is 0 Å². The Morgan fingerprint density at radius 3 is 2.41 bits per heavy atom. The lowest BCUT2D eigenvalue weighted by molar-refractivity contribution is -0.116. The van der Waals surface area contributed by atoms with Crippen molar-refractivity contribution < 1.29 is 14.3 Å². The molecule has 0 saturated carbocycles. The fourth-order valence-electron chi connectivity index (χ4n) is 2.94. The Hall–Kier alpha value is -3.04. The van der Waals surface area contributed by atoms with Gasteiger partial charge in [0.25, 0.3) is 0 Å². The quantitative estimate of drug-likeness (QED) is 0.427. The van der Waals surface area contributed by atoms with E-state index in [1.54, 1.807) is 36.4 Å². The Labute approximate surface area is 195 Å². The van der Waals surface area contributed by atoms with Crippen LogP contribution >= 0.6 is 23.4 Å². The fraction of sp³-hybridized carbons (Fsp3) is 0.273. The van der Waals surface area contributed by atoms with Crippen LogP contribution < -0.4 is 15.4 Å². The average Bonchev–Trinajstić information content (AvgIpc) is 3.16. The average molecular weight is 474 g/mol. The SMILES string of the molecule is CCOc1ccccc1NC(=O)CSc1nnc(CC(=O)Nc2ccccc2Cl)n1CC. The fourth-order valence-corrected chi connectivity index (χ4v) is 3.95. The summed E-state index contributed by atoms with van der Waals surface area (Å²) >= 11 is 7.35. The van der Waals surface area contributed by atoms with Crippen LogP contribution in [0, 0.1) is 0 Å². The van der Waals surface area contributed by atoms with E-state index in [0.29, 0.717) is 46.3 Å². The highest BCUT2D eigenvalue weighted by molar-refractivity contribution is 7.99. The number of aromatic nitrogens is 3. The number of anilines is 2. The Morgan fingerprint density at radius 2 is 1.69 bits per heavy atom. The number of carbonyl (C=O) groups excluding carboxylic acids is 2. The second kappa shape index (κ2) is 11.5. The predicted octanol–water partition coefficient (Wildman–Crippen LogP) is 4.26. The van der Waals surface area contributed by atoms with E-state index in [-0.39, 0.29) is 24.0 Å². The van der Waals surface area contributed by atoms with Gasteiger partial charge in [0.2, 0.25) is 11.8 Å². The number of amides is 2. The van der Waals surface area contributed by atoms with Gasteiger partial charge in [-0.05, 0) is 38.1 Å². The van der Waals surface area contributed by atoms with Crippen LogP contribution in [0.1, 0.15) is 19.7 Å². The monoisotopic (exact) mass is 473 g/mol. The van der Waals surface area contributed by atoms with Crippen LogP contribution in [0.25, 0.3) is 0 Å². The van der Waals surface area contributed by atoms with Crippen LogP contribution in [-0.2, 0) is 22.6 Å². The van der Waals surface area contributed by atoms with Crippen molar-refractivity contribution >= 4 is 46.6 Å². The van der Waals surface area contributed by atoms with Gasteiger partial charge in [0.15, 0.2) is 5.16 Å². The summed E-state index contributed by atoms with van der Waals surface area (Å²) < 4.78 is 7.35. The highest BCUT2D eigenvalue weighted by Gasteiger charge is 2.17. The first-order valence-corrected chi connectivity index (χ1v) is 11.5. The molecular weight excluding hydrogens is 450 g/mol. The number of ether oxygens (including phenoxy) is 1. The van der Waals surface area contributed by atoms with Gasteiger partial charge in [0.1, 0.15) is 11.6 Å². The van der Waals surface area contributed by atoms with Crippen molar-refractivity contribution in [3.63, 3.8) is 0 Å². The van der Waals surface area contributed by atoms with Crippen molar-refractivity contribution in [3.8, 4) is 5.75 Å². The van der Waals surface area contributed by atoms with Gasteiger partial charge >= 0.3 is 0 Å². The zero-order valence-corrected chi connectivity index (χ0v) is 19.4. The summed E-state index contributed by atoms with van der Waals surface area (Å²) in [6.45, 7) is 4.90.